The minimum Gasteiger partial charge on any atom is -0.384 e. The van der Waals surface area contributed by atoms with E-state index in [9.17, 15) is 0 Å². The minimum absolute atomic E-state index is 0.554. The first-order valence-electron chi connectivity index (χ1n) is 6.45. The zero-order chi connectivity index (χ0) is 11.3. The quantitative estimate of drug-likeness (QED) is 0.712. The number of hydrogen-bond acceptors (Lipinski definition) is 2. The highest BCUT2D eigenvalue weighted by Gasteiger charge is 2.44. The topological polar surface area (TPSA) is 12.5 Å². The van der Waals surface area contributed by atoms with Gasteiger partial charge in [-0.3, -0.25) is 0 Å². The fourth-order valence-corrected chi connectivity index (χ4v) is 2.48. The number of ether oxygens (including phenoxy) is 1. The maximum atomic E-state index is 5.28. The molecule has 0 bridgehead atoms. The van der Waals surface area contributed by atoms with Crippen LogP contribution in [0.4, 0.5) is 0 Å². The summed E-state index contributed by atoms with van der Waals surface area (Å²) in [6.45, 7) is 11.2. The molecule has 0 radical (unpaired) electrons. The zero-order valence-corrected chi connectivity index (χ0v) is 10.9. The number of nitrogens with zero attached hydrogens (tertiary/aromatic N) is 1. The normalized spacial score (nSPS) is 28.4. The monoisotopic (exact) mass is 213 g/mol. The van der Waals surface area contributed by atoms with E-state index in [-0.39, 0.29) is 0 Å². The maximum absolute atomic E-state index is 5.28. The predicted molar refractivity (Wildman–Crippen MR) is 65.1 cm³/mol. The van der Waals surface area contributed by atoms with Crippen molar-refractivity contribution in [2.45, 2.75) is 40.0 Å². The van der Waals surface area contributed by atoms with Crippen molar-refractivity contribution < 1.29 is 4.74 Å². The molecule has 1 saturated heterocycles. The van der Waals surface area contributed by atoms with Crippen LogP contribution in [0.25, 0.3) is 0 Å². The highest BCUT2D eigenvalue weighted by atomic mass is 16.5. The molecule has 1 atom stereocenters. The fourth-order valence-electron chi connectivity index (χ4n) is 2.48. The standard InChI is InChI=1S/C11H21NO.C2H6/c1-10-3-6-12(7-10)8-11(4-5-11)9-13-2;1-2/h10H,3-9H2,1-2H3;1-2H3. The van der Waals surface area contributed by atoms with Gasteiger partial charge in [-0.1, -0.05) is 20.8 Å². The van der Waals surface area contributed by atoms with Crippen LogP contribution in [0.2, 0.25) is 0 Å². The van der Waals surface area contributed by atoms with Gasteiger partial charge in [0, 0.05) is 25.6 Å². The van der Waals surface area contributed by atoms with Crippen LogP contribution in [0.1, 0.15) is 40.0 Å². The largest absolute Gasteiger partial charge is 0.384 e. The summed E-state index contributed by atoms with van der Waals surface area (Å²) in [4.78, 5) is 2.62. The van der Waals surface area contributed by atoms with Crippen LogP contribution in [-0.4, -0.2) is 38.3 Å². The Labute approximate surface area is 95.0 Å². The number of likely N-dealkylation sites (tertiary alicyclic amines) is 1. The van der Waals surface area contributed by atoms with Crippen LogP contribution in [0.3, 0.4) is 0 Å². The van der Waals surface area contributed by atoms with Crippen molar-refractivity contribution >= 4 is 0 Å². The third-order valence-electron chi connectivity index (χ3n) is 3.47. The highest BCUT2D eigenvalue weighted by molar-refractivity contribution is 4.96. The lowest BCUT2D eigenvalue weighted by Gasteiger charge is -2.22. The maximum Gasteiger partial charge on any atom is 0.0530 e. The Bertz CT molecular complexity index is 177. The molecular weight excluding hydrogens is 186 g/mol. The molecule has 1 saturated carbocycles. The molecule has 2 rings (SSSR count). The fraction of sp³-hybridized carbons (Fsp3) is 1.00. The van der Waals surface area contributed by atoms with Gasteiger partial charge in [0.05, 0.1) is 6.61 Å². The first-order chi connectivity index (χ1) is 7.24. The van der Waals surface area contributed by atoms with Gasteiger partial charge < -0.3 is 9.64 Å². The Balaban J connectivity index is 0.000000531. The third-order valence-corrected chi connectivity index (χ3v) is 3.47. The van der Waals surface area contributed by atoms with E-state index in [0.29, 0.717) is 5.41 Å². The molecule has 1 heterocycles. The molecule has 2 heteroatoms. The van der Waals surface area contributed by atoms with E-state index >= 15 is 0 Å². The summed E-state index contributed by atoms with van der Waals surface area (Å²) in [7, 11) is 1.83. The average molecular weight is 213 g/mol. The second kappa shape index (κ2) is 5.86. The molecule has 1 unspecified atom stereocenters. The Morgan fingerprint density at radius 1 is 1.33 bits per heavy atom. The first kappa shape index (κ1) is 13.0. The number of methoxy groups -OCH3 is 1. The lowest BCUT2D eigenvalue weighted by molar-refractivity contribution is 0.115. The molecule has 0 amide bonds. The molecule has 2 nitrogen and oxygen atoms in total. The molecule has 0 aromatic carbocycles. The number of hydrogen-bond donors (Lipinski definition) is 0. The second-order valence-corrected chi connectivity index (χ2v) is 5.06. The summed E-state index contributed by atoms with van der Waals surface area (Å²) >= 11 is 0. The van der Waals surface area contributed by atoms with Gasteiger partial charge in [-0.05, 0) is 31.7 Å². The van der Waals surface area contributed by atoms with Crippen molar-refractivity contribution in [3.8, 4) is 0 Å². The Morgan fingerprint density at radius 3 is 2.40 bits per heavy atom. The number of rotatable bonds is 4. The van der Waals surface area contributed by atoms with Gasteiger partial charge in [-0.15, -0.1) is 0 Å². The summed E-state index contributed by atoms with van der Waals surface area (Å²) in [6, 6.07) is 0. The van der Waals surface area contributed by atoms with Crippen molar-refractivity contribution in [1.29, 1.82) is 0 Å². The van der Waals surface area contributed by atoms with Crippen molar-refractivity contribution in [2.75, 3.05) is 33.4 Å². The molecule has 0 N–H and O–H groups in total. The smallest absolute Gasteiger partial charge is 0.0530 e. The molecule has 1 aliphatic heterocycles. The second-order valence-electron chi connectivity index (χ2n) is 5.06. The van der Waals surface area contributed by atoms with Crippen LogP contribution in [0.15, 0.2) is 0 Å². The van der Waals surface area contributed by atoms with Gasteiger partial charge in [0.25, 0.3) is 0 Å². The Kier molecular flexibility index (Phi) is 5.07. The van der Waals surface area contributed by atoms with Crippen LogP contribution in [0.5, 0.6) is 0 Å². The van der Waals surface area contributed by atoms with Crippen LogP contribution < -0.4 is 0 Å². The van der Waals surface area contributed by atoms with Crippen molar-refractivity contribution in [3.63, 3.8) is 0 Å². The average Bonchev–Trinajstić information content (AvgIpc) is 2.86. The van der Waals surface area contributed by atoms with Crippen molar-refractivity contribution in [2.24, 2.45) is 11.3 Å². The molecule has 2 fully saturated rings. The third kappa shape index (κ3) is 3.76. The van der Waals surface area contributed by atoms with E-state index in [4.69, 9.17) is 4.74 Å². The lowest BCUT2D eigenvalue weighted by Crippen LogP contribution is -2.30. The van der Waals surface area contributed by atoms with Gasteiger partial charge in [-0.25, -0.2) is 0 Å². The molecule has 0 aromatic heterocycles. The molecule has 0 aromatic rings. The Morgan fingerprint density at radius 2 is 2.00 bits per heavy atom. The van der Waals surface area contributed by atoms with E-state index in [0.717, 1.165) is 12.5 Å². The van der Waals surface area contributed by atoms with Crippen LogP contribution in [-0.2, 0) is 4.74 Å². The van der Waals surface area contributed by atoms with E-state index in [2.05, 4.69) is 11.8 Å². The van der Waals surface area contributed by atoms with Crippen LogP contribution >= 0.6 is 0 Å². The van der Waals surface area contributed by atoms with Crippen LogP contribution in [0, 0.1) is 11.3 Å². The predicted octanol–water partition coefficient (Wildman–Crippen LogP) is 2.78. The molecular formula is C13H27NO. The van der Waals surface area contributed by atoms with Gasteiger partial charge in [0.15, 0.2) is 0 Å². The molecule has 1 aliphatic carbocycles. The molecule has 0 spiro atoms. The Hall–Kier alpha value is -0.0800. The highest BCUT2D eigenvalue weighted by Crippen LogP contribution is 2.46. The first-order valence-corrected chi connectivity index (χ1v) is 6.45. The van der Waals surface area contributed by atoms with Gasteiger partial charge >= 0.3 is 0 Å². The zero-order valence-electron chi connectivity index (χ0n) is 10.9. The van der Waals surface area contributed by atoms with E-state index in [1.807, 2.05) is 21.0 Å². The summed E-state index contributed by atoms with van der Waals surface area (Å²) in [5.41, 5.74) is 0.554. The van der Waals surface area contributed by atoms with Crippen molar-refractivity contribution in [1.82, 2.24) is 4.90 Å². The SMILES string of the molecule is CC.COCC1(CN2CCC(C)C2)CC1. The van der Waals surface area contributed by atoms with Gasteiger partial charge in [-0.2, -0.15) is 0 Å². The van der Waals surface area contributed by atoms with Crippen molar-refractivity contribution in [3.05, 3.63) is 0 Å². The van der Waals surface area contributed by atoms with Gasteiger partial charge in [0.1, 0.15) is 0 Å². The van der Waals surface area contributed by atoms with E-state index in [1.165, 1.54) is 38.9 Å². The summed E-state index contributed by atoms with van der Waals surface area (Å²) in [5, 5.41) is 0. The summed E-state index contributed by atoms with van der Waals surface area (Å²) in [5.74, 6) is 0.915. The molecule has 2 aliphatic rings. The van der Waals surface area contributed by atoms with Gasteiger partial charge in [0.2, 0.25) is 0 Å². The lowest BCUT2D eigenvalue weighted by atomic mass is 10.1. The molecule has 90 valence electrons. The summed E-state index contributed by atoms with van der Waals surface area (Å²) < 4.78 is 5.28. The summed E-state index contributed by atoms with van der Waals surface area (Å²) in [6.07, 6.45) is 4.15. The van der Waals surface area contributed by atoms with E-state index in [1.54, 1.807) is 0 Å². The van der Waals surface area contributed by atoms with E-state index < -0.39 is 0 Å². The molecule has 15 heavy (non-hydrogen) atoms. The minimum atomic E-state index is 0.554.